The lowest BCUT2D eigenvalue weighted by Gasteiger charge is -2.07. The maximum absolute atomic E-state index is 12.2. The molecule has 1 atom stereocenters. The Kier molecular flexibility index (Phi) is 4.53. The molecular formula is C12H12BrNO2S2. The minimum atomic E-state index is -1.13. The van der Waals surface area contributed by atoms with Crippen molar-refractivity contribution in [2.45, 2.75) is 17.0 Å². The Morgan fingerprint density at radius 3 is 2.89 bits per heavy atom. The van der Waals surface area contributed by atoms with Gasteiger partial charge in [0.1, 0.15) is 5.75 Å². The summed E-state index contributed by atoms with van der Waals surface area (Å²) in [6, 6.07) is 5.69. The van der Waals surface area contributed by atoms with Gasteiger partial charge in [-0.25, -0.2) is 4.98 Å². The Morgan fingerprint density at radius 1 is 1.50 bits per heavy atom. The average Bonchev–Trinajstić information content (AvgIpc) is 2.76. The largest absolute Gasteiger partial charge is 0.496 e. The van der Waals surface area contributed by atoms with Gasteiger partial charge < -0.3 is 4.74 Å². The standard InChI is InChI=1S/C12H12BrNO2S2/c1-8-6-17-12(14-8)18(15)7-9-5-10(13)3-4-11(9)16-2/h3-6H,7H2,1-2H3/t18-/m1/s1. The molecule has 0 N–H and O–H groups in total. The summed E-state index contributed by atoms with van der Waals surface area (Å²) < 4.78 is 19.1. The van der Waals surface area contributed by atoms with Crippen LogP contribution in [-0.4, -0.2) is 16.3 Å². The Bertz CT molecular complexity index is 583. The summed E-state index contributed by atoms with van der Waals surface area (Å²) in [6.07, 6.45) is 0. The summed E-state index contributed by atoms with van der Waals surface area (Å²) in [6.45, 7) is 1.90. The van der Waals surface area contributed by atoms with Crippen LogP contribution in [0.25, 0.3) is 0 Å². The maximum atomic E-state index is 12.2. The second-order valence-corrected chi connectivity index (χ2v) is 7.10. The zero-order valence-corrected chi connectivity index (χ0v) is 13.2. The number of halogens is 1. The van der Waals surface area contributed by atoms with Crippen LogP contribution in [0.1, 0.15) is 11.3 Å². The lowest BCUT2D eigenvalue weighted by Crippen LogP contribution is -1.99. The highest BCUT2D eigenvalue weighted by atomic mass is 79.9. The smallest absolute Gasteiger partial charge is 0.181 e. The van der Waals surface area contributed by atoms with E-state index in [4.69, 9.17) is 4.74 Å². The number of aromatic nitrogens is 1. The minimum Gasteiger partial charge on any atom is -0.496 e. The van der Waals surface area contributed by atoms with Gasteiger partial charge in [0.05, 0.1) is 23.7 Å². The highest BCUT2D eigenvalue weighted by Gasteiger charge is 2.12. The van der Waals surface area contributed by atoms with Crippen molar-refractivity contribution >= 4 is 38.1 Å². The summed E-state index contributed by atoms with van der Waals surface area (Å²) in [7, 11) is 0.487. The quantitative estimate of drug-likeness (QED) is 0.850. The summed E-state index contributed by atoms with van der Waals surface area (Å²) in [5.41, 5.74) is 1.82. The molecule has 0 spiro atoms. The number of aryl methyl sites for hydroxylation is 1. The third-order valence-electron chi connectivity index (χ3n) is 2.32. The average molecular weight is 346 g/mol. The van der Waals surface area contributed by atoms with Gasteiger partial charge in [-0.2, -0.15) is 0 Å². The first-order valence-electron chi connectivity index (χ1n) is 5.23. The van der Waals surface area contributed by atoms with E-state index in [1.165, 1.54) is 11.3 Å². The lowest BCUT2D eigenvalue weighted by atomic mass is 10.2. The van der Waals surface area contributed by atoms with Gasteiger partial charge in [-0.1, -0.05) is 15.9 Å². The third kappa shape index (κ3) is 3.18. The van der Waals surface area contributed by atoms with Crippen molar-refractivity contribution in [2.75, 3.05) is 7.11 Å². The molecule has 1 heterocycles. The fourth-order valence-corrected chi connectivity index (χ4v) is 4.06. The van der Waals surface area contributed by atoms with Crippen LogP contribution in [-0.2, 0) is 16.6 Å². The number of thiazole rings is 1. The zero-order chi connectivity index (χ0) is 13.1. The van der Waals surface area contributed by atoms with Gasteiger partial charge in [0.15, 0.2) is 4.34 Å². The van der Waals surface area contributed by atoms with E-state index in [0.29, 0.717) is 10.1 Å². The van der Waals surface area contributed by atoms with Gasteiger partial charge in [0, 0.05) is 21.1 Å². The van der Waals surface area contributed by atoms with Gasteiger partial charge in [-0.3, -0.25) is 4.21 Å². The molecule has 2 aromatic rings. The van der Waals surface area contributed by atoms with E-state index >= 15 is 0 Å². The molecule has 0 aliphatic rings. The molecular weight excluding hydrogens is 334 g/mol. The SMILES string of the molecule is COc1ccc(Br)cc1C[S@@](=O)c1nc(C)cs1. The second-order valence-electron chi connectivity index (χ2n) is 3.70. The molecule has 0 saturated carbocycles. The van der Waals surface area contributed by atoms with Crippen LogP contribution < -0.4 is 4.74 Å². The number of nitrogens with zero attached hydrogens (tertiary/aromatic N) is 1. The summed E-state index contributed by atoms with van der Waals surface area (Å²) in [5.74, 6) is 1.16. The fourth-order valence-electron chi connectivity index (χ4n) is 1.50. The molecule has 2 rings (SSSR count). The van der Waals surface area contributed by atoms with Crippen molar-refractivity contribution in [3.63, 3.8) is 0 Å². The van der Waals surface area contributed by atoms with Crippen LogP contribution in [0.2, 0.25) is 0 Å². The van der Waals surface area contributed by atoms with E-state index in [0.717, 1.165) is 21.5 Å². The van der Waals surface area contributed by atoms with Crippen LogP contribution in [0.5, 0.6) is 5.75 Å². The number of hydrogen-bond donors (Lipinski definition) is 0. The molecule has 0 aliphatic carbocycles. The highest BCUT2D eigenvalue weighted by Crippen LogP contribution is 2.26. The highest BCUT2D eigenvalue weighted by molar-refractivity contribution is 9.10. The normalized spacial score (nSPS) is 12.4. The van der Waals surface area contributed by atoms with Gasteiger partial charge in [-0.15, -0.1) is 11.3 Å². The van der Waals surface area contributed by atoms with E-state index in [1.54, 1.807) is 7.11 Å². The number of methoxy groups -OCH3 is 1. The molecule has 0 amide bonds. The summed E-state index contributed by atoms with van der Waals surface area (Å²) in [5, 5.41) is 1.91. The molecule has 6 heteroatoms. The molecule has 0 radical (unpaired) electrons. The first-order valence-corrected chi connectivity index (χ1v) is 8.22. The Balaban J connectivity index is 2.23. The van der Waals surface area contributed by atoms with E-state index in [2.05, 4.69) is 20.9 Å². The maximum Gasteiger partial charge on any atom is 0.181 e. The molecule has 0 unspecified atom stereocenters. The first kappa shape index (κ1) is 13.7. The predicted octanol–water partition coefficient (Wildman–Crippen LogP) is 3.53. The molecule has 0 fully saturated rings. The molecule has 0 aliphatic heterocycles. The van der Waals surface area contributed by atoms with E-state index < -0.39 is 10.8 Å². The number of ether oxygens (including phenoxy) is 1. The van der Waals surface area contributed by atoms with Crippen molar-refractivity contribution in [1.82, 2.24) is 4.98 Å². The van der Waals surface area contributed by atoms with E-state index in [-0.39, 0.29) is 0 Å². The lowest BCUT2D eigenvalue weighted by molar-refractivity contribution is 0.411. The predicted molar refractivity (Wildman–Crippen MR) is 77.7 cm³/mol. The van der Waals surface area contributed by atoms with Crippen LogP contribution in [0.4, 0.5) is 0 Å². The minimum absolute atomic E-state index is 0.412. The Labute approximate surface area is 121 Å². The Hall–Kier alpha value is -0.720. The van der Waals surface area contributed by atoms with Crippen LogP contribution in [0.15, 0.2) is 32.4 Å². The van der Waals surface area contributed by atoms with Crippen molar-refractivity contribution in [2.24, 2.45) is 0 Å². The van der Waals surface area contributed by atoms with Gasteiger partial charge >= 0.3 is 0 Å². The molecule has 96 valence electrons. The van der Waals surface area contributed by atoms with Gasteiger partial charge in [0.2, 0.25) is 0 Å². The topological polar surface area (TPSA) is 39.2 Å². The zero-order valence-electron chi connectivity index (χ0n) is 9.97. The van der Waals surface area contributed by atoms with Crippen molar-refractivity contribution in [1.29, 1.82) is 0 Å². The molecule has 3 nitrogen and oxygen atoms in total. The molecule has 1 aromatic carbocycles. The Morgan fingerprint density at radius 2 is 2.28 bits per heavy atom. The molecule has 0 bridgehead atoms. The third-order valence-corrected chi connectivity index (χ3v) is 5.47. The second kappa shape index (κ2) is 5.95. The number of benzene rings is 1. The monoisotopic (exact) mass is 345 g/mol. The molecule has 18 heavy (non-hydrogen) atoms. The number of rotatable bonds is 4. The van der Waals surface area contributed by atoms with Crippen molar-refractivity contribution in [3.8, 4) is 5.75 Å². The van der Waals surface area contributed by atoms with Gasteiger partial charge in [-0.05, 0) is 25.1 Å². The van der Waals surface area contributed by atoms with Crippen LogP contribution in [0, 0.1) is 6.92 Å². The van der Waals surface area contributed by atoms with Crippen LogP contribution >= 0.6 is 27.3 Å². The fraction of sp³-hybridized carbons (Fsp3) is 0.250. The first-order chi connectivity index (χ1) is 8.60. The van der Waals surface area contributed by atoms with Crippen LogP contribution in [0.3, 0.4) is 0 Å². The van der Waals surface area contributed by atoms with E-state index in [9.17, 15) is 4.21 Å². The van der Waals surface area contributed by atoms with Crippen molar-refractivity contribution in [3.05, 3.63) is 39.3 Å². The van der Waals surface area contributed by atoms with Gasteiger partial charge in [0.25, 0.3) is 0 Å². The summed E-state index contributed by atoms with van der Waals surface area (Å²) >= 11 is 4.84. The summed E-state index contributed by atoms with van der Waals surface area (Å²) in [4.78, 5) is 4.25. The number of hydrogen-bond acceptors (Lipinski definition) is 4. The molecule has 1 aromatic heterocycles. The van der Waals surface area contributed by atoms with Crippen molar-refractivity contribution < 1.29 is 8.95 Å². The molecule has 0 saturated heterocycles. The van der Waals surface area contributed by atoms with E-state index in [1.807, 2.05) is 30.5 Å².